The molecule has 1 amide bonds. The molecule has 0 unspecified atom stereocenters. The zero-order valence-corrected chi connectivity index (χ0v) is 19.0. The molecule has 2 aromatic rings. The molecule has 2 rings (SSSR count). The number of anilines is 1. The van der Waals surface area contributed by atoms with Gasteiger partial charge in [0.2, 0.25) is 15.9 Å². The van der Waals surface area contributed by atoms with Crippen LogP contribution in [0, 0.1) is 0 Å². The van der Waals surface area contributed by atoms with E-state index in [1.54, 1.807) is 6.07 Å². The summed E-state index contributed by atoms with van der Waals surface area (Å²) in [4.78, 5) is 12.2. The van der Waals surface area contributed by atoms with Crippen LogP contribution < -0.4 is 14.8 Å². The minimum atomic E-state index is -3.71. The van der Waals surface area contributed by atoms with E-state index in [0.717, 1.165) is 4.90 Å². The number of thioether (sulfide) groups is 1. The van der Waals surface area contributed by atoms with Gasteiger partial charge in [-0.05, 0) is 47.6 Å². The Bertz CT molecular complexity index is 950. The summed E-state index contributed by atoms with van der Waals surface area (Å²) < 4.78 is 33.3. The van der Waals surface area contributed by atoms with Gasteiger partial charge in [-0.15, -0.1) is 11.8 Å². The molecule has 8 heteroatoms. The molecule has 0 bridgehead atoms. The van der Waals surface area contributed by atoms with E-state index in [4.69, 9.17) is 4.74 Å². The van der Waals surface area contributed by atoms with Gasteiger partial charge in [-0.1, -0.05) is 32.9 Å². The summed E-state index contributed by atoms with van der Waals surface area (Å²) in [6.07, 6.45) is 1.86. The molecule has 158 valence electrons. The van der Waals surface area contributed by atoms with Gasteiger partial charge in [0.25, 0.3) is 0 Å². The van der Waals surface area contributed by atoms with Crippen molar-refractivity contribution in [1.29, 1.82) is 0 Å². The normalized spacial score (nSPS) is 11.9. The molecule has 0 fully saturated rings. The minimum Gasteiger partial charge on any atom is -0.492 e. The Morgan fingerprint density at radius 2 is 1.76 bits per heavy atom. The van der Waals surface area contributed by atoms with Crippen LogP contribution in [-0.2, 0) is 20.2 Å². The number of rotatable bonds is 8. The largest absolute Gasteiger partial charge is 0.492 e. The van der Waals surface area contributed by atoms with Gasteiger partial charge in [0.05, 0.1) is 10.6 Å². The lowest BCUT2D eigenvalue weighted by Crippen LogP contribution is -2.28. The average Bonchev–Trinajstić information content (AvgIpc) is 2.64. The lowest BCUT2D eigenvalue weighted by molar-refractivity contribution is -0.114. The molecule has 0 atom stereocenters. The van der Waals surface area contributed by atoms with E-state index in [1.807, 2.05) is 30.5 Å². The zero-order valence-electron chi connectivity index (χ0n) is 17.4. The first-order chi connectivity index (χ1) is 13.5. The number of carbonyl (C=O) groups is 1. The van der Waals surface area contributed by atoms with Gasteiger partial charge in [-0.3, -0.25) is 4.79 Å². The molecule has 2 aromatic carbocycles. The number of amides is 1. The fourth-order valence-electron chi connectivity index (χ4n) is 2.62. The van der Waals surface area contributed by atoms with Gasteiger partial charge >= 0.3 is 0 Å². The molecule has 29 heavy (non-hydrogen) atoms. The molecule has 0 aliphatic heterocycles. The molecule has 0 aliphatic rings. The number of hydrogen-bond donors (Lipinski definition) is 2. The maximum absolute atomic E-state index is 12.5. The van der Waals surface area contributed by atoms with Gasteiger partial charge in [0.1, 0.15) is 12.4 Å². The highest BCUT2D eigenvalue weighted by Gasteiger charge is 2.17. The predicted octanol–water partition coefficient (Wildman–Crippen LogP) is 4.02. The minimum absolute atomic E-state index is 0.0656. The Labute approximate surface area is 177 Å². The highest BCUT2D eigenvalue weighted by molar-refractivity contribution is 7.98. The SMILES string of the molecule is CSc1ccc(S(=O)(=O)NCCOc2ccc(C(C)(C)C)cc2)cc1NC(C)=O. The van der Waals surface area contributed by atoms with Crippen molar-refractivity contribution < 1.29 is 17.9 Å². The third-order valence-electron chi connectivity index (χ3n) is 4.18. The lowest BCUT2D eigenvalue weighted by Gasteiger charge is -2.19. The maximum Gasteiger partial charge on any atom is 0.240 e. The van der Waals surface area contributed by atoms with Crippen LogP contribution in [-0.4, -0.2) is 33.7 Å². The van der Waals surface area contributed by atoms with Crippen molar-refractivity contribution in [3.63, 3.8) is 0 Å². The van der Waals surface area contributed by atoms with Crippen molar-refractivity contribution in [1.82, 2.24) is 4.72 Å². The molecule has 0 spiro atoms. The Balaban J connectivity index is 1.97. The summed E-state index contributed by atoms with van der Waals surface area (Å²) >= 11 is 1.43. The van der Waals surface area contributed by atoms with Gasteiger partial charge in [0.15, 0.2) is 0 Å². The van der Waals surface area contributed by atoms with Crippen molar-refractivity contribution in [3.8, 4) is 5.75 Å². The third kappa shape index (κ3) is 6.76. The van der Waals surface area contributed by atoms with Gasteiger partial charge in [0, 0.05) is 18.4 Å². The lowest BCUT2D eigenvalue weighted by atomic mass is 9.87. The summed E-state index contributed by atoms with van der Waals surface area (Å²) in [5.74, 6) is 0.433. The van der Waals surface area contributed by atoms with Crippen LogP contribution >= 0.6 is 11.8 Å². The van der Waals surface area contributed by atoms with Crippen LogP contribution in [0.2, 0.25) is 0 Å². The monoisotopic (exact) mass is 436 g/mol. The number of sulfonamides is 1. The first-order valence-electron chi connectivity index (χ1n) is 9.21. The second kappa shape index (κ2) is 9.65. The first kappa shape index (κ1) is 23.3. The highest BCUT2D eigenvalue weighted by Crippen LogP contribution is 2.28. The molecule has 0 radical (unpaired) electrons. The Morgan fingerprint density at radius 1 is 1.10 bits per heavy atom. The Kier molecular flexibility index (Phi) is 7.73. The average molecular weight is 437 g/mol. The first-order valence-corrected chi connectivity index (χ1v) is 11.9. The van der Waals surface area contributed by atoms with E-state index in [1.165, 1.54) is 36.4 Å². The van der Waals surface area contributed by atoms with Crippen molar-refractivity contribution in [2.75, 3.05) is 24.7 Å². The van der Waals surface area contributed by atoms with E-state index in [-0.39, 0.29) is 29.4 Å². The fourth-order valence-corrected chi connectivity index (χ4v) is 4.19. The summed E-state index contributed by atoms with van der Waals surface area (Å²) in [5, 5.41) is 2.66. The molecule has 2 N–H and O–H groups in total. The standard InChI is InChI=1S/C21H28N2O4S2/c1-15(24)23-19-14-18(10-11-20(19)28-5)29(25,26)22-12-13-27-17-8-6-16(7-9-17)21(2,3)4/h6-11,14,22H,12-13H2,1-5H3,(H,23,24). The predicted molar refractivity (Wildman–Crippen MR) is 118 cm³/mol. The highest BCUT2D eigenvalue weighted by atomic mass is 32.2. The molecular weight excluding hydrogens is 408 g/mol. The number of carbonyl (C=O) groups excluding carboxylic acids is 1. The summed E-state index contributed by atoms with van der Waals surface area (Å²) in [5.41, 5.74) is 1.74. The summed E-state index contributed by atoms with van der Waals surface area (Å²) in [7, 11) is -3.71. The molecular formula is C21H28N2O4S2. The van der Waals surface area contributed by atoms with Gasteiger partial charge in [-0.25, -0.2) is 13.1 Å². The van der Waals surface area contributed by atoms with Gasteiger partial charge in [-0.2, -0.15) is 0 Å². The molecule has 0 heterocycles. The summed E-state index contributed by atoms with van der Waals surface area (Å²) in [6.45, 7) is 8.13. The molecule has 0 aromatic heterocycles. The van der Waals surface area contributed by atoms with E-state index in [9.17, 15) is 13.2 Å². The molecule has 0 saturated carbocycles. The maximum atomic E-state index is 12.5. The van der Waals surface area contributed by atoms with Crippen LogP contribution in [0.5, 0.6) is 5.75 Å². The van der Waals surface area contributed by atoms with E-state index < -0.39 is 10.0 Å². The second-order valence-corrected chi connectivity index (χ2v) is 10.2. The van der Waals surface area contributed by atoms with Crippen LogP contribution in [0.1, 0.15) is 33.3 Å². The number of hydrogen-bond acceptors (Lipinski definition) is 5. The van der Waals surface area contributed by atoms with E-state index in [0.29, 0.717) is 11.4 Å². The topological polar surface area (TPSA) is 84.5 Å². The fraction of sp³-hybridized carbons (Fsp3) is 0.381. The van der Waals surface area contributed by atoms with Crippen molar-refractivity contribution in [2.45, 2.75) is 42.9 Å². The van der Waals surface area contributed by atoms with E-state index in [2.05, 4.69) is 30.8 Å². The van der Waals surface area contributed by atoms with Crippen molar-refractivity contribution >= 4 is 33.4 Å². The smallest absolute Gasteiger partial charge is 0.240 e. The van der Waals surface area contributed by atoms with E-state index >= 15 is 0 Å². The van der Waals surface area contributed by atoms with Crippen molar-refractivity contribution in [2.24, 2.45) is 0 Å². The molecule has 0 aliphatic carbocycles. The van der Waals surface area contributed by atoms with Crippen LogP contribution in [0.25, 0.3) is 0 Å². The van der Waals surface area contributed by atoms with Crippen molar-refractivity contribution in [3.05, 3.63) is 48.0 Å². The number of benzene rings is 2. The zero-order chi connectivity index (χ0) is 21.7. The molecule has 6 nitrogen and oxygen atoms in total. The molecule has 0 saturated heterocycles. The number of nitrogens with one attached hydrogen (secondary N) is 2. The van der Waals surface area contributed by atoms with Crippen LogP contribution in [0.4, 0.5) is 5.69 Å². The summed E-state index contributed by atoms with van der Waals surface area (Å²) in [6, 6.07) is 12.4. The Hall–Kier alpha value is -2.03. The Morgan fingerprint density at radius 3 is 2.31 bits per heavy atom. The quantitative estimate of drug-likeness (QED) is 0.482. The van der Waals surface area contributed by atoms with Crippen LogP contribution in [0.3, 0.4) is 0 Å². The third-order valence-corrected chi connectivity index (χ3v) is 6.43. The van der Waals surface area contributed by atoms with Crippen LogP contribution in [0.15, 0.2) is 52.3 Å². The van der Waals surface area contributed by atoms with Gasteiger partial charge < -0.3 is 10.1 Å². The second-order valence-electron chi connectivity index (χ2n) is 7.56. The number of ether oxygens (including phenoxy) is 1.